The molecule has 6 nitrogen and oxygen atoms in total. The Labute approximate surface area is 419 Å². The summed E-state index contributed by atoms with van der Waals surface area (Å²) in [5, 5.41) is 23.4. The molecule has 6 heteroatoms. The van der Waals surface area contributed by atoms with Gasteiger partial charge in [-0.25, -0.2) is 0 Å². The fraction of sp³-hybridized carbons (Fsp3) is 0.967. The molecule has 0 aliphatic rings. The summed E-state index contributed by atoms with van der Waals surface area (Å²) in [6, 6.07) is -0.545. The van der Waals surface area contributed by atoms with Gasteiger partial charge in [0.2, 0.25) is 5.91 Å². The Balaban J connectivity index is 3.40. The van der Waals surface area contributed by atoms with Crippen molar-refractivity contribution >= 4 is 11.9 Å². The number of aliphatic hydroxyl groups is 2. The molecule has 0 aliphatic carbocycles. The lowest BCUT2D eigenvalue weighted by atomic mass is 10.0. The number of carbonyl (C=O) groups excluding carboxylic acids is 2. The largest absolute Gasteiger partial charge is 0.466 e. The highest BCUT2D eigenvalue weighted by Gasteiger charge is 2.20. The van der Waals surface area contributed by atoms with Crippen LogP contribution in [-0.2, 0) is 14.3 Å². The average Bonchev–Trinajstić information content (AvgIpc) is 3.33. The third-order valence-corrected chi connectivity index (χ3v) is 14.7. The molecule has 400 valence electrons. The summed E-state index contributed by atoms with van der Waals surface area (Å²) in [7, 11) is 0. The molecule has 0 spiro atoms. The van der Waals surface area contributed by atoms with E-state index in [4.69, 9.17) is 4.74 Å². The van der Waals surface area contributed by atoms with Gasteiger partial charge in [-0.15, -0.1) is 0 Å². The predicted octanol–water partition coefficient (Wildman–Crippen LogP) is 19.1. The third kappa shape index (κ3) is 54.0. The molecular formula is C61H121NO5. The number of carbonyl (C=O) groups is 2. The molecule has 3 N–H and O–H groups in total. The van der Waals surface area contributed by atoms with Gasteiger partial charge in [0.05, 0.1) is 25.4 Å². The van der Waals surface area contributed by atoms with E-state index >= 15 is 0 Å². The first-order chi connectivity index (χ1) is 33.0. The summed E-state index contributed by atoms with van der Waals surface area (Å²) >= 11 is 0. The Kier molecular flexibility index (Phi) is 56.5. The van der Waals surface area contributed by atoms with E-state index in [-0.39, 0.29) is 18.5 Å². The van der Waals surface area contributed by atoms with Crippen LogP contribution in [0.1, 0.15) is 354 Å². The number of amides is 1. The monoisotopic (exact) mass is 948 g/mol. The van der Waals surface area contributed by atoms with Crippen LogP contribution in [0.15, 0.2) is 0 Å². The summed E-state index contributed by atoms with van der Waals surface area (Å²) in [6.45, 7) is 4.98. The highest BCUT2D eigenvalue weighted by molar-refractivity contribution is 5.76. The molecule has 2 unspecified atom stereocenters. The zero-order chi connectivity index (χ0) is 48.6. The summed E-state index contributed by atoms with van der Waals surface area (Å²) in [6.07, 6.45) is 66.7. The van der Waals surface area contributed by atoms with Crippen molar-refractivity contribution in [1.29, 1.82) is 0 Å². The number of esters is 1. The van der Waals surface area contributed by atoms with Crippen molar-refractivity contribution in [2.45, 2.75) is 366 Å². The standard InChI is InChI=1S/C61H121NO5/c1-3-5-7-9-11-13-15-17-18-19-20-21-23-26-30-33-37-41-45-49-53-59(64)58(57-63)62-60(65)54-50-46-42-38-34-31-27-24-22-25-28-32-36-40-44-48-52-56-67-61(66)55-51-47-43-39-35-29-16-14-12-10-8-6-4-2/h58-59,63-64H,3-57H2,1-2H3,(H,62,65). The van der Waals surface area contributed by atoms with Crippen LogP contribution in [0.3, 0.4) is 0 Å². The molecule has 0 aromatic carbocycles. The van der Waals surface area contributed by atoms with Crippen LogP contribution in [0.4, 0.5) is 0 Å². The van der Waals surface area contributed by atoms with Crippen LogP contribution in [0.5, 0.6) is 0 Å². The van der Waals surface area contributed by atoms with Crippen LogP contribution < -0.4 is 5.32 Å². The Morgan fingerprint density at radius 3 is 0.910 bits per heavy atom. The summed E-state index contributed by atoms with van der Waals surface area (Å²) in [5.41, 5.74) is 0. The minimum atomic E-state index is -0.667. The van der Waals surface area contributed by atoms with Gasteiger partial charge in [0.1, 0.15) is 0 Å². The molecule has 0 bridgehead atoms. The normalized spacial score (nSPS) is 12.5. The second-order valence-electron chi connectivity index (χ2n) is 21.4. The number of nitrogens with one attached hydrogen (secondary N) is 1. The molecule has 0 aromatic rings. The van der Waals surface area contributed by atoms with Gasteiger partial charge in [-0.05, 0) is 25.7 Å². The maximum Gasteiger partial charge on any atom is 0.305 e. The molecule has 0 radical (unpaired) electrons. The lowest BCUT2D eigenvalue weighted by molar-refractivity contribution is -0.143. The van der Waals surface area contributed by atoms with E-state index in [2.05, 4.69) is 19.2 Å². The van der Waals surface area contributed by atoms with Crippen LogP contribution in [0, 0.1) is 0 Å². The van der Waals surface area contributed by atoms with E-state index in [1.54, 1.807) is 0 Å². The van der Waals surface area contributed by atoms with Crippen LogP contribution in [-0.4, -0.2) is 47.4 Å². The van der Waals surface area contributed by atoms with Crippen molar-refractivity contribution in [1.82, 2.24) is 5.32 Å². The number of unbranched alkanes of at least 4 members (excludes halogenated alkanes) is 47. The number of rotatable bonds is 58. The molecule has 0 saturated carbocycles. The second-order valence-corrected chi connectivity index (χ2v) is 21.4. The Bertz CT molecular complexity index is 959. The van der Waals surface area contributed by atoms with E-state index in [0.29, 0.717) is 25.9 Å². The van der Waals surface area contributed by atoms with Gasteiger partial charge >= 0.3 is 5.97 Å². The van der Waals surface area contributed by atoms with Gasteiger partial charge in [0.25, 0.3) is 0 Å². The maximum absolute atomic E-state index is 12.5. The third-order valence-electron chi connectivity index (χ3n) is 14.7. The molecule has 0 saturated heterocycles. The Morgan fingerprint density at radius 2 is 0.612 bits per heavy atom. The predicted molar refractivity (Wildman–Crippen MR) is 292 cm³/mol. The average molecular weight is 949 g/mol. The van der Waals surface area contributed by atoms with E-state index in [1.165, 1.54) is 283 Å². The number of hydrogen-bond acceptors (Lipinski definition) is 5. The van der Waals surface area contributed by atoms with Gasteiger partial charge < -0.3 is 20.3 Å². The first kappa shape index (κ1) is 65.9. The number of hydrogen-bond donors (Lipinski definition) is 3. The van der Waals surface area contributed by atoms with Crippen molar-refractivity contribution in [3.05, 3.63) is 0 Å². The quantitative estimate of drug-likeness (QED) is 0.0417. The highest BCUT2D eigenvalue weighted by Crippen LogP contribution is 2.18. The molecule has 0 heterocycles. The summed E-state index contributed by atoms with van der Waals surface area (Å²) in [5.74, 6) is -0.0276. The fourth-order valence-electron chi connectivity index (χ4n) is 9.94. The number of ether oxygens (including phenoxy) is 1. The molecular weight excluding hydrogens is 827 g/mol. The lowest BCUT2D eigenvalue weighted by Crippen LogP contribution is -2.45. The lowest BCUT2D eigenvalue weighted by Gasteiger charge is -2.22. The minimum Gasteiger partial charge on any atom is -0.466 e. The molecule has 0 fully saturated rings. The molecule has 1 amide bonds. The van der Waals surface area contributed by atoms with Crippen molar-refractivity contribution < 1.29 is 24.5 Å². The smallest absolute Gasteiger partial charge is 0.305 e. The SMILES string of the molecule is CCCCCCCCCCCCCCCCCCCCCCC(O)C(CO)NC(=O)CCCCCCCCCCCCCCCCCCCOC(=O)CCCCCCCCCCCCCCC. The van der Waals surface area contributed by atoms with Crippen LogP contribution >= 0.6 is 0 Å². The van der Waals surface area contributed by atoms with Crippen molar-refractivity contribution in [2.75, 3.05) is 13.2 Å². The van der Waals surface area contributed by atoms with Crippen molar-refractivity contribution in [3.63, 3.8) is 0 Å². The van der Waals surface area contributed by atoms with Gasteiger partial charge in [-0.2, -0.15) is 0 Å². The first-order valence-corrected chi connectivity index (χ1v) is 30.8. The zero-order valence-electron chi connectivity index (χ0n) is 45.7. The molecule has 2 atom stereocenters. The van der Waals surface area contributed by atoms with E-state index in [9.17, 15) is 19.8 Å². The Morgan fingerprint density at radius 1 is 0.358 bits per heavy atom. The van der Waals surface area contributed by atoms with Crippen molar-refractivity contribution in [2.24, 2.45) is 0 Å². The van der Waals surface area contributed by atoms with Gasteiger partial charge in [0.15, 0.2) is 0 Å². The summed E-state index contributed by atoms with van der Waals surface area (Å²) < 4.78 is 5.48. The molecule has 0 rings (SSSR count). The number of aliphatic hydroxyl groups excluding tert-OH is 2. The molecule has 0 aliphatic heterocycles. The highest BCUT2D eigenvalue weighted by atomic mass is 16.5. The van der Waals surface area contributed by atoms with E-state index < -0.39 is 12.1 Å². The van der Waals surface area contributed by atoms with Gasteiger partial charge in [-0.3, -0.25) is 9.59 Å². The van der Waals surface area contributed by atoms with Gasteiger partial charge in [-0.1, -0.05) is 316 Å². The van der Waals surface area contributed by atoms with Crippen LogP contribution in [0.25, 0.3) is 0 Å². The fourth-order valence-corrected chi connectivity index (χ4v) is 9.94. The first-order valence-electron chi connectivity index (χ1n) is 30.8. The van der Waals surface area contributed by atoms with Crippen molar-refractivity contribution in [3.8, 4) is 0 Å². The van der Waals surface area contributed by atoms with E-state index in [0.717, 1.165) is 38.5 Å². The zero-order valence-corrected chi connectivity index (χ0v) is 45.7. The van der Waals surface area contributed by atoms with E-state index in [1.807, 2.05) is 0 Å². The molecule has 67 heavy (non-hydrogen) atoms. The minimum absolute atomic E-state index is 0.00821. The molecule has 0 aromatic heterocycles. The topological polar surface area (TPSA) is 95.9 Å². The Hall–Kier alpha value is -1.14. The second kappa shape index (κ2) is 57.4. The maximum atomic E-state index is 12.5. The summed E-state index contributed by atoms with van der Waals surface area (Å²) in [4.78, 5) is 24.5. The van der Waals surface area contributed by atoms with Gasteiger partial charge in [0, 0.05) is 12.8 Å². The van der Waals surface area contributed by atoms with Crippen LogP contribution in [0.2, 0.25) is 0 Å².